The quantitative estimate of drug-likeness (QED) is 0.608. The van der Waals surface area contributed by atoms with E-state index in [0.29, 0.717) is 48.4 Å². The first-order valence-corrected chi connectivity index (χ1v) is 11.4. The van der Waals surface area contributed by atoms with Crippen LogP contribution in [0.5, 0.6) is 11.5 Å². The van der Waals surface area contributed by atoms with Gasteiger partial charge < -0.3 is 13.9 Å². The predicted octanol–water partition coefficient (Wildman–Crippen LogP) is 4.21. The van der Waals surface area contributed by atoms with Gasteiger partial charge in [0.2, 0.25) is 0 Å². The molecule has 0 radical (unpaired) electrons. The van der Waals surface area contributed by atoms with E-state index in [1.54, 1.807) is 55.8 Å². The number of methoxy groups -OCH3 is 1. The first-order valence-electron chi connectivity index (χ1n) is 9.96. The fraction of sp³-hybridized carbons (Fsp3) is 0.318. The molecule has 0 bridgehead atoms. The van der Waals surface area contributed by atoms with Crippen molar-refractivity contribution in [3.05, 3.63) is 54.6 Å². The minimum absolute atomic E-state index is 0.219. The fourth-order valence-electron chi connectivity index (χ4n) is 3.56. The molecule has 0 spiro atoms. The molecule has 1 fully saturated rings. The number of aromatic nitrogens is 1. The Morgan fingerprint density at radius 1 is 1.13 bits per heavy atom. The van der Waals surface area contributed by atoms with E-state index in [0.717, 1.165) is 24.3 Å². The zero-order valence-electron chi connectivity index (χ0n) is 16.6. The maximum atomic E-state index is 13.4. The van der Waals surface area contributed by atoms with Crippen LogP contribution < -0.4 is 13.8 Å². The second-order valence-electron chi connectivity index (χ2n) is 7.47. The average Bonchev–Trinajstić information content (AvgIpc) is 3.54. The van der Waals surface area contributed by atoms with Crippen molar-refractivity contribution in [2.24, 2.45) is 0 Å². The van der Waals surface area contributed by atoms with Crippen molar-refractivity contribution < 1.29 is 22.3 Å². The van der Waals surface area contributed by atoms with Crippen LogP contribution in [0.4, 0.5) is 5.69 Å². The molecule has 1 aliphatic carbocycles. The number of rotatable bonds is 5. The molecule has 7 nitrogen and oxygen atoms in total. The van der Waals surface area contributed by atoms with Gasteiger partial charge in [0.15, 0.2) is 11.7 Å². The molecule has 2 heterocycles. The van der Waals surface area contributed by atoms with E-state index in [9.17, 15) is 8.42 Å². The lowest BCUT2D eigenvalue weighted by atomic mass is 10.2. The molecule has 2 aliphatic rings. The van der Waals surface area contributed by atoms with Crippen LogP contribution in [0, 0.1) is 0 Å². The van der Waals surface area contributed by atoms with E-state index in [1.807, 2.05) is 0 Å². The topological polar surface area (TPSA) is 81.9 Å². The fourth-order valence-corrected chi connectivity index (χ4v) is 5.08. The third-order valence-corrected chi connectivity index (χ3v) is 7.20. The number of anilines is 1. The van der Waals surface area contributed by atoms with Gasteiger partial charge in [-0.05, 0) is 49.2 Å². The van der Waals surface area contributed by atoms with Gasteiger partial charge in [-0.2, -0.15) is 0 Å². The van der Waals surface area contributed by atoms with Crippen LogP contribution in [-0.2, 0) is 10.0 Å². The molecule has 1 aromatic heterocycles. The third-order valence-electron chi connectivity index (χ3n) is 5.38. The normalized spacial score (nSPS) is 16.5. The van der Waals surface area contributed by atoms with Gasteiger partial charge in [-0.1, -0.05) is 0 Å². The summed E-state index contributed by atoms with van der Waals surface area (Å²) in [6.45, 7) is 0.788. The molecule has 8 heteroatoms. The Morgan fingerprint density at radius 2 is 1.93 bits per heavy atom. The van der Waals surface area contributed by atoms with Crippen LogP contribution in [0.1, 0.15) is 31.1 Å². The van der Waals surface area contributed by atoms with Crippen LogP contribution in [0.2, 0.25) is 0 Å². The van der Waals surface area contributed by atoms with Crippen molar-refractivity contribution >= 4 is 15.7 Å². The summed E-state index contributed by atoms with van der Waals surface area (Å²) >= 11 is 0. The van der Waals surface area contributed by atoms with Gasteiger partial charge in [-0.15, -0.1) is 0 Å². The van der Waals surface area contributed by atoms with Crippen LogP contribution in [-0.4, -0.2) is 33.7 Å². The molecule has 0 amide bonds. The number of sulfonamides is 1. The molecular formula is C22H22N2O5S. The van der Waals surface area contributed by atoms with E-state index in [4.69, 9.17) is 13.9 Å². The van der Waals surface area contributed by atoms with Gasteiger partial charge in [0.05, 0.1) is 30.5 Å². The maximum Gasteiger partial charge on any atom is 0.264 e. The van der Waals surface area contributed by atoms with Crippen LogP contribution >= 0.6 is 0 Å². The van der Waals surface area contributed by atoms with E-state index in [1.165, 1.54) is 4.31 Å². The summed E-state index contributed by atoms with van der Waals surface area (Å²) in [5, 5.41) is 0. The number of benzene rings is 2. The molecule has 0 atom stereocenters. The first kappa shape index (κ1) is 19.0. The highest BCUT2D eigenvalue weighted by Crippen LogP contribution is 2.41. The Bertz CT molecular complexity index is 1170. The Kier molecular flexibility index (Phi) is 4.66. The zero-order chi connectivity index (χ0) is 20.7. The molecule has 3 aromatic rings. The summed E-state index contributed by atoms with van der Waals surface area (Å²) < 4.78 is 45.0. The van der Waals surface area contributed by atoms with Gasteiger partial charge in [0, 0.05) is 30.5 Å². The summed E-state index contributed by atoms with van der Waals surface area (Å²) in [5.74, 6) is 2.97. The highest BCUT2D eigenvalue weighted by atomic mass is 32.2. The molecule has 1 aliphatic heterocycles. The highest BCUT2D eigenvalue weighted by molar-refractivity contribution is 7.92. The predicted molar refractivity (Wildman–Crippen MR) is 112 cm³/mol. The molecule has 1 saturated carbocycles. The van der Waals surface area contributed by atoms with Crippen LogP contribution in [0.3, 0.4) is 0 Å². The molecule has 0 saturated heterocycles. The second kappa shape index (κ2) is 7.36. The van der Waals surface area contributed by atoms with E-state index >= 15 is 0 Å². The Morgan fingerprint density at radius 3 is 2.67 bits per heavy atom. The number of hydrogen-bond acceptors (Lipinski definition) is 6. The van der Waals surface area contributed by atoms with Crippen molar-refractivity contribution in [3.8, 4) is 22.8 Å². The molecule has 156 valence electrons. The van der Waals surface area contributed by atoms with E-state index in [2.05, 4.69) is 4.98 Å². The summed E-state index contributed by atoms with van der Waals surface area (Å²) in [4.78, 5) is 4.55. The van der Waals surface area contributed by atoms with E-state index < -0.39 is 10.0 Å². The van der Waals surface area contributed by atoms with Crippen LogP contribution in [0.15, 0.2) is 58.0 Å². The summed E-state index contributed by atoms with van der Waals surface area (Å²) in [6, 6.07) is 11.9. The lowest BCUT2D eigenvalue weighted by Crippen LogP contribution is -2.31. The number of hydrogen-bond donors (Lipinski definition) is 0. The van der Waals surface area contributed by atoms with Gasteiger partial charge in [0.25, 0.3) is 10.0 Å². The van der Waals surface area contributed by atoms with Gasteiger partial charge >= 0.3 is 0 Å². The summed E-state index contributed by atoms with van der Waals surface area (Å²) in [5.41, 5.74) is 1.32. The van der Waals surface area contributed by atoms with Gasteiger partial charge in [-0.25, -0.2) is 13.4 Å². The first-order chi connectivity index (χ1) is 14.6. The minimum Gasteiger partial charge on any atom is -0.497 e. The Labute approximate surface area is 175 Å². The van der Waals surface area contributed by atoms with Crippen molar-refractivity contribution in [3.63, 3.8) is 0 Å². The number of nitrogens with zero attached hydrogens (tertiary/aromatic N) is 2. The molecule has 30 heavy (non-hydrogen) atoms. The van der Waals surface area contributed by atoms with Crippen LogP contribution in [0.25, 0.3) is 11.3 Å². The average molecular weight is 426 g/mol. The van der Waals surface area contributed by atoms with Crippen molar-refractivity contribution in [1.82, 2.24) is 4.98 Å². The lowest BCUT2D eigenvalue weighted by Gasteiger charge is -2.23. The third kappa shape index (κ3) is 3.41. The second-order valence-corrected chi connectivity index (χ2v) is 9.34. The number of oxazole rings is 1. The lowest BCUT2D eigenvalue weighted by molar-refractivity contribution is 0.320. The van der Waals surface area contributed by atoms with Crippen molar-refractivity contribution in [2.45, 2.75) is 30.1 Å². The maximum absolute atomic E-state index is 13.4. The van der Waals surface area contributed by atoms with Gasteiger partial charge in [-0.3, -0.25) is 4.31 Å². The SMILES string of the molecule is COc1ccc2c(c1)OCCCN2S(=O)(=O)c1ccc(-c2cnc(C3CC3)o2)cc1. The zero-order valence-corrected chi connectivity index (χ0v) is 17.4. The Balaban J connectivity index is 1.46. The largest absolute Gasteiger partial charge is 0.497 e. The van der Waals surface area contributed by atoms with E-state index in [-0.39, 0.29) is 4.90 Å². The Hall–Kier alpha value is -3.00. The van der Waals surface area contributed by atoms with Crippen molar-refractivity contribution in [2.75, 3.05) is 24.6 Å². The standard InChI is InChI=1S/C22H22N2O5S/c1-27-17-7-10-19-20(13-17)28-12-2-11-24(19)30(25,26)18-8-5-15(6-9-18)21-14-23-22(29-21)16-3-4-16/h5-10,13-14,16H,2-4,11-12H2,1H3. The van der Waals surface area contributed by atoms with Gasteiger partial charge in [0.1, 0.15) is 11.5 Å². The number of ether oxygens (including phenoxy) is 2. The molecular weight excluding hydrogens is 404 g/mol. The minimum atomic E-state index is -3.75. The monoisotopic (exact) mass is 426 g/mol. The molecule has 0 N–H and O–H groups in total. The highest BCUT2D eigenvalue weighted by Gasteiger charge is 2.30. The molecule has 2 aromatic carbocycles. The summed E-state index contributed by atoms with van der Waals surface area (Å²) in [6.07, 6.45) is 4.53. The number of fused-ring (bicyclic) bond motifs is 1. The molecule has 0 unspecified atom stereocenters. The summed E-state index contributed by atoms with van der Waals surface area (Å²) in [7, 11) is -2.18. The van der Waals surface area contributed by atoms with Crippen molar-refractivity contribution in [1.29, 1.82) is 0 Å². The molecule has 5 rings (SSSR count). The smallest absolute Gasteiger partial charge is 0.264 e.